The van der Waals surface area contributed by atoms with Crippen LogP contribution in [0.1, 0.15) is 25.7 Å². The molecule has 4 rings (SSSR count). The van der Waals surface area contributed by atoms with E-state index in [1.165, 1.54) is 43.4 Å². The van der Waals surface area contributed by atoms with Gasteiger partial charge in [-0.15, -0.1) is 0 Å². The van der Waals surface area contributed by atoms with E-state index in [0.717, 1.165) is 5.52 Å². The highest BCUT2D eigenvalue weighted by molar-refractivity contribution is 5.90. The largest absolute Gasteiger partial charge is 0.349 e. The number of benzene rings is 1. The summed E-state index contributed by atoms with van der Waals surface area (Å²) in [7, 11) is 0. The van der Waals surface area contributed by atoms with E-state index >= 15 is 0 Å². The molecule has 1 spiro atoms. The Labute approximate surface area is 94.4 Å². The van der Waals surface area contributed by atoms with Crippen molar-refractivity contribution in [3.63, 3.8) is 0 Å². The Balaban J connectivity index is 1.82. The van der Waals surface area contributed by atoms with Crippen molar-refractivity contribution in [3.8, 4) is 0 Å². The van der Waals surface area contributed by atoms with E-state index in [1.807, 2.05) is 0 Å². The summed E-state index contributed by atoms with van der Waals surface area (Å²) < 4.78 is 0. The van der Waals surface area contributed by atoms with E-state index in [9.17, 15) is 0 Å². The van der Waals surface area contributed by atoms with Gasteiger partial charge in [0, 0.05) is 17.5 Å². The van der Waals surface area contributed by atoms with Gasteiger partial charge in [0.05, 0.1) is 5.52 Å². The summed E-state index contributed by atoms with van der Waals surface area (Å²) in [5, 5.41) is 8.90. The van der Waals surface area contributed by atoms with Gasteiger partial charge in [-0.05, 0) is 37.8 Å². The van der Waals surface area contributed by atoms with Gasteiger partial charge in [0.25, 0.3) is 0 Å². The molecule has 1 N–H and O–H groups in total. The Bertz CT molecular complexity index is 533. The van der Waals surface area contributed by atoms with E-state index in [2.05, 4.69) is 39.4 Å². The van der Waals surface area contributed by atoms with E-state index < -0.39 is 0 Å². The van der Waals surface area contributed by atoms with Gasteiger partial charge in [0.15, 0.2) is 5.82 Å². The molecule has 1 saturated carbocycles. The van der Waals surface area contributed by atoms with Crippen LogP contribution >= 0.6 is 0 Å². The molecule has 1 saturated heterocycles. The third kappa shape index (κ3) is 0.913. The number of H-pyrrole nitrogens is 1. The minimum absolute atomic E-state index is 0.484. The first kappa shape index (κ1) is 8.62. The highest BCUT2D eigenvalue weighted by Crippen LogP contribution is 2.49. The molecule has 1 aliphatic carbocycles. The number of anilines is 1. The lowest BCUT2D eigenvalue weighted by Crippen LogP contribution is -2.64. The van der Waals surface area contributed by atoms with Gasteiger partial charge >= 0.3 is 0 Å². The Kier molecular flexibility index (Phi) is 1.50. The van der Waals surface area contributed by atoms with Gasteiger partial charge in [-0.2, -0.15) is 5.10 Å². The van der Waals surface area contributed by atoms with Crippen molar-refractivity contribution in [2.24, 2.45) is 0 Å². The highest BCUT2D eigenvalue weighted by Gasteiger charge is 2.50. The number of fused-ring (bicyclic) bond motifs is 1. The van der Waals surface area contributed by atoms with E-state index in [4.69, 9.17) is 0 Å². The molecule has 2 aliphatic rings. The third-order valence-corrected chi connectivity index (χ3v) is 4.36. The summed E-state index contributed by atoms with van der Waals surface area (Å²) >= 11 is 0. The van der Waals surface area contributed by atoms with Crippen molar-refractivity contribution in [2.45, 2.75) is 31.2 Å². The molecule has 1 aromatic heterocycles. The predicted molar refractivity (Wildman–Crippen MR) is 64.6 cm³/mol. The summed E-state index contributed by atoms with van der Waals surface area (Å²) in [6, 6.07) is 8.41. The second-order valence-electron chi connectivity index (χ2n) is 5.07. The molecule has 2 heterocycles. The lowest BCUT2D eigenvalue weighted by Gasteiger charge is -2.59. The fourth-order valence-electron chi connectivity index (χ4n) is 3.13. The molecular weight excluding hydrogens is 198 g/mol. The van der Waals surface area contributed by atoms with Crippen LogP contribution < -0.4 is 4.90 Å². The lowest BCUT2D eigenvalue weighted by molar-refractivity contribution is 0.150. The molecule has 0 bridgehead atoms. The fraction of sp³-hybridized carbons (Fsp3) is 0.462. The van der Waals surface area contributed by atoms with Crippen LogP contribution in [0.5, 0.6) is 0 Å². The normalized spacial score (nSPS) is 22.1. The Morgan fingerprint density at radius 2 is 2.06 bits per heavy atom. The zero-order chi connectivity index (χ0) is 10.6. The first-order valence-electron chi connectivity index (χ1n) is 6.10. The van der Waals surface area contributed by atoms with Gasteiger partial charge in [-0.25, -0.2) is 0 Å². The average Bonchev–Trinajstić information content (AvgIpc) is 2.59. The molecular formula is C13H15N3. The summed E-state index contributed by atoms with van der Waals surface area (Å²) in [6.45, 7) is 1.18. The molecule has 0 unspecified atom stereocenters. The molecule has 3 nitrogen and oxygen atoms in total. The van der Waals surface area contributed by atoms with E-state index in [0.29, 0.717) is 5.54 Å². The topological polar surface area (TPSA) is 31.9 Å². The molecule has 1 aliphatic heterocycles. The van der Waals surface area contributed by atoms with Crippen LogP contribution in [0.25, 0.3) is 10.9 Å². The zero-order valence-electron chi connectivity index (χ0n) is 9.24. The first-order chi connectivity index (χ1) is 7.89. The molecule has 0 amide bonds. The van der Waals surface area contributed by atoms with Crippen molar-refractivity contribution < 1.29 is 0 Å². The second kappa shape index (κ2) is 2.78. The van der Waals surface area contributed by atoms with Crippen LogP contribution in [0.4, 0.5) is 5.82 Å². The first-order valence-corrected chi connectivity index (χ1v) is 6.10. The van der Waals surface area contributed by atoms with Gasteiger partial charge in [0.1, 0.15) is 0 Å². The van der Waals surface area contributed by atoms with Crippen molar-refractivity contribution in [3.05, 3.63) is 24.3 Å². The fourth-order valence-corrected chi connectivity index (χ4v) is 3.13. The maximum absolute atomic E-state index is 4.50. The van der Waals surface area contributed by atoms with Crippen molar-refractivity contribution >= 4 is 16.7 Å². The summed E-state index contributed by atoms with van der Waals surface area (Å²) in [6.07, 6.45) is 5.45. The molecule has 1 aromatic carbocycles. The van der Waals surface area contributed by atoms with Crippen molar-refractivity contribution in [2.75, 3.05) is 11.4 Å². The summed E-state index contributed by atoms with van der Waals surface area (Å²) in [4.78, 5) is 2.51. The number of rotatable bonds is 1. The Morgan fingerprint density at radius 3 is 2.75 bits per heavy atom. The minimum Gasteiger partial charge on any atom is -0.349 e. The van der Waals surface area contributed by atoms with Gasteiger partial charge in [-0.3, -0.25) is 5.10 Å². The Morgan fingerprint density at radius 1 is 1.19 bits per heavy atom. The maximum Gasteiger partial charge on any atom is 0.158 e. The summed E-state index contributed by atoms with van der Waals surface area (Å²) in [5.74, 6) is 1.17. The molecule has 16 heavy (non-hydrogen) atoms. The van der Waals surface area contributed by atoms with Crippen LogP contribution in [0.15, 0.2) is 24.3 Å². The number of para-hydroxylation sites is 1. The number of hydrogen-bond donors (Lipinski definition) is 1. The quantitative estimate of drug-likeness (QED) is 0.789. The van der Waals surface area contributed by atoms with E-state index in [1.54, 1.807) is 0 Å². The zero-order valence-corrected chi connectivity index (χ0v) is 9.24. The SMILES string of the molecule is c1ccc2c(N3CCC34CCC4)n[nH]c2c1. The molecule has 0 radical (unpaired) electrons. The van der Waals surface area contributed by atoms with E-state index in [-0.39, 0.29) is 0 Å². The molecule has 82 valence electrons. The summed E-state index contributed by atoms with van der Waals surface area (Å²) in [5.41, 5.74) is 1.64. The number of nitrogens with one attached hydrogen (secondary N) is 1. The molecule has 2 aromatic rings. The Hall–Kier alpha value is -1.51. The molecule has 2 fully saturated rings. The average molecular weight is 213 g/mol. The number of aromatic amines is 1. The van der Waals surface area contributed by atoms with Crippen LogP contribution in [0.2, 0.25) is 0 Å². The van der Waals surface area contributed by atoms with Crippen LogP contribution in [-0.2, 0) is 0 Å². The number of aromatic nitrogens is 2. The van der Waals surface area contributed by atoms with Gasteiger partial charge in [0.2, 0.25) is 0 Å². The second-order valence-corrected chi connectivity index (χ2v) is 5.07. The molecule has 3 heteroatoms. The van der Waals surface area contributed by atoms with Crippen LogP contribution in [0.3, 0.4) is 0 Å². The predicted octanol–water partition coefficient (Wildman–Crippen LogP) is 2.70. The van der Waals surface area contributed by atoms with Gasteiger partial charge in [-0.1, -0.05) is 12.1 Å². The van der Waals surface area contributed by atoms with Crippen molar-refractivity contribution in [1.29, 1.82) is 0 Å². The third-order valence-electron chi connectivity index (χ3n) is 4.36. The monoisotopic (exact) mass is 213 g/mol. The molecule has 0 atom stereocenters. The standard InChI is InChI=1S/C13H15N3/c1-2-5-11-10(4-1)12(15-14-11)16-9-8-13(16)6-3-7-13/h1-2,4-5H,3,6-9H2,(H,14,15). The van der Waals surface area contributed by atoms with Crippen LogP contribution in [-0.4, -0.2) is 22.3 Å². The van der Waals surface area contributed by atoms with Crippen LogP contribution in [0, 0.1) is 0 Å². The highest BCUT2D eigenvalue weighted by atomic mass is 15.4. The lowest BCUT2D eigenvalue weighted by atomic mass is 9.68. The maximum atomic E-state index is 4.50. The van der Waals surface area contributed by atoms with Gasteiger partial charge < -0.3 is 4.90 Å². The van der Waals surface area contributed by atoms with Crippen molar-refractivity contribution in [1.82, 2.24) is 10.2 Å². The number of hydrogen-bond acceptors (Lipinski definition) is 2. The number of nitrogens with zero attached hydrogens (tertiary/aromatic N) is 2. The smallest absolute Gasteiger partial charge is 0.158 e. The minimum atomic E-state index is 0.484.